The molecule has 0 fully saturated rings. The molecule has 8 heteroatoms. The van der Waals surface area contributed by atoms with Crippen molar-refractivity contribution in [2.24, 2.45) is 0 Å². The van der Waals surface area contributed by atoms with Crippen LogP contribution >= 0.6 is 22.7 Å². The molecule has 0 aliphatic rings. The second-order valence-electron chi connectivity index (χ2n) is 4.71. The van der Waals surface area contributed by atoms with Crippen molar-refractivity contribution in [1.29, 1.82) is 0 Å². The molecule has 2 rings (SSSR count). The van der Waals surface area contributed by atoms with Gasteiger partial charge in [0, 0.05) is 17.6 Å². The molecule has 0 bridgehead atoms. The van der Waals surface area contributed by atoms with Crippen molar-refractivity contribution in [2.45, 2.75) is 37.6 Å². The van der Waals surface area contributed by atoms with Crippen LogP contribution in [0, 0.1) is 6.92 Å². The molecule has 0 radical (unpaired) electrons. The molecule has 0 saturated heterocycles. The van der Waals surface area contributed by atoms with Crippen molar-refractivity contribution in [3.63, 3.8) is 0 Å². The summed E-state index contributed by atoms with van der Waals surface area (Å²) in [6.07, 6.45) is 1.75. The van der Waals surface area contributed by atoms with Crippen molar-refractivity contribution >= 4 is 32.7 Å². The van der Waals surface area contributed by atoms with Gasteiger partial charge >= 0.3 is 0 Å². The highest BCUT2D eigenvalue weighted by atomic mass is 32.2. The van der Waals surface area contributed by atoms with Gasteiger partial charge in [-0.05, 0) is 37.4 Å². The van der Waals surface area contributed by atoms with Gasteiger partial charge in [-0.1, -0.05) is 6.92 Å². The molecule has 0 saturated carbocycles. The first-order valence-corrected chi connectivity index (χ1v) is 9.83. The minimum Gasteiger partial charge on any atom is -0.313 e. The normalized spacial score (nSPS) is 13.5. The molecule has 1 unspecified atom stereocenters. The van der Waals surface area contributed by atoms with E-state index >= 15 is 0 Å². The van der Waals surface area contributed by atoms with E-state index in [9.17, 15) is 8.42 Å². The standard InChI is InChI=1S/C13H19N3O2S3/c1-4-14-7-11-5-12(19-8-11)21(17,18)16-10(3)13-15-6-9(2)20-13/h5-6,8,10,14,16H,4,7H2,1-3H3. The quantitative estimate of drug-likeness (QED) is 0.809. The summed E-state index contributed by atoms with van der Waals surface area (Å²) in [7, 11) is -3.50. The SMILES string of the molecule is CCNCc1csc(S(=O)(=O)NC(C)c2ncc(C)s2)c1. The van der Waals surface area contributed by atoms with Crippen molar-refractivity contribution < 1.29 is 8.42 Å². The molecule has 116 valence electrons. The molecule has 0 amide bonds. The van der Waals surface area contributed by atoms with Gasteiger partial charge in [0.05, 0.1) is 6.04 Å². The van der Waals surface area contributed by atoms with Gasteiger partial charge in [-0.2, -0.15) is 0 Å². The number of thiophene rings is 1. The Morgan fingerprint density at radius 3 is 2.81 bits per heavy atom. The first kappa shape index (κ1) is 16.6. The Kier molecular flexibility index (Phi) is 5.50. The summed E-state index contributed by atoms with van der Waals surface area (Å²) in [5.41, 5.74) is 0.986. The summed E-state index contributed by atoms with van der Waals surface area (Å²) < 4.78 is 27.8. The fourth-order valence-corrected chi connectivity index (χ4v) is 5.05. The summed E-state index contributed by atoms with van der Waals surface area (Å²) in [4.78, 5) is 5.29. The maximum atomic E-state index is 12.4. The highest BCUT2D eigenvalue weighted by molar-refractivity contribution is 7.91. The van der Waals surface area contributed by atoms with Crippen LogP contribution in [0.2, 0.25) is 0 Å². The van der Waals surface area contributed by atoms with E-state index in [4.69, 9.17) is 0 Å². The van der Waals surface area contributed by atoms with E-state index in [0.29, 0.717) is 10.8 Å². The fraction of sp³-hybridized carbons (Fsp3) is 0.462. The molecule has 2 N–H and O–H groups in total. The third kappa shape index (κ3) is 4.33. The number of aromatic nitrogens is 1. The third-order valence-electron chi connectivity index (χ3n) is 2.82. The number of rotatable bonds is 7. The number of nitrogens with one attached hydrogen (secondary N) is 2. The number of nitrogens with zero attached hydrogens (tertiary/aromatic N) is 1. The van der Waals surface area contributed by atoms with Gasteiger partial charge in [0.25, 0.3) is 10.0 Å². The van der Waals surface area contributed by atoms with E-state index in [0.717, 1.165) is 22.0 Å². The van der Waals surface area contributed by atoms with Crippen LogP contribution in [-0.2, 0) is 16.6 Å². The molecule has 0 spiro atoms. The molecular formula is C13H19N3O2S3. The van der Waals surface area contributed by atoms with Gasteiger partial charge in [-0.15, -0.1) is 22.7 Å². The van der Waals surface area contributed by atoms with Gasteiger partial charge in [0.1, 0.15) is 9.22 Å². The molecule has 0 aromatic carbocycles. The maximum absolute atomic E-state index is 12.4. The molecular weight excluding hydrogens is 326 g/mol. The molecule has 5 nitrogen and oxygen atoms in total. The molecule has 0 aliphatic carbocycles. The first-order chi connectivity index (χ1) is 9.92. The van der Waals surface area contributed by atoms with Crippen LogP contribution in [0.4, 0.5) is 0 Å². The number of aryl methyl sites for hydroxylation is 1. The summed E-state index contributed by atoms with van der Waals surface area (Å²) in [5.74, 6) is 0. The largest absolute Gasteiger partial charge is 0.313 e. The zero-order valence-electron chi connectivity index (χ0n) is 12.2. The number of hydrogen-bond donors (Lipinski definition) is 2. The van der Waals surface area contributed by atoms with Crippen LogP contribution in [0.1, 0.15) is 35.3 Å². The lowest BCUT2D eigenvalue weighted by Crippen LogP contribution is -2.26. The minimum absolute atomic E-state index is 0.326. The predicted molar refractivity (Wildman–Crippen MR) is 87.3 cm³/mol. The van der Waals surface area contributed by atoms with E-state index in [1.165, 1.54) is 22.7 Å². The van der Waals surface area contributed by atoms with Gasteiger partial charge in [-0.3, -0.25) is 0 Å². The van der Waals surface area contributed by atoms with Crippen LogP contribution in [0.3, 0.4) is 0 Å². The van der Waals surface area contributed by atoms with Crippen molar-refractivity contribution in [3.8, 4) is 0 Å². The monoisotopic (exact) mass is 345 g/mol. The van der Waals surface area contributed by atoms with E-state index in [2.05, 4.69) is 15.0 Å². The Bertz CT molecular complexity index is 691. The molecule has 21 heavy (non-hydrogen) atoms. The predicted octanol–water partition coefficient (Wildman–Crippen LogP) is 2.66. The van der Waals surface area contributed by atoms with Crippen LogP contribution in [0.15, 0.2) is 21.9 Å². The average Bonchev–Trinajstić information content (AvgIpc) is 3.05. The van der Waals surface area contributed by atoms with Crippen molar-refractivity contribution in [2.75, 3.05) is 6.54 Å². The highest BCUT2D eigenvalue weighted by Gasteiger charge is 2.21. The minimum atomic E-state index is -3.50. The number of sulfonamides is 1. The van der Waals surface area contributed by atoms with Crippen LogP contribution in [-0.4, -0.2) is 19.9 Å². The second kappa shape index (κ2) is 6.97. The van der Waals surface area contributed by atoms with Gasteiger partial charge < -0.3 is 5.32 Å². The van der Waals surface area contributed by atoms with E-state index in [-0.39, 0.29) is 6.04 Å². The van der Waals surface area contributed by atoms with Crippen molar-refractivity contribution in [1.82, 2.24) is 15.0 Å². The molecule has 2 aromatic heterocycles. The smallest absolute Gasteiger partial charge is 0.250 e. The number of hydrogen-bond acceptors (Lipinski definition) is 6. The van der Waals surface area contributed by atoms with Crippen molar-refractivity contribution in [3.05, 3.63) is 33.1 Å². The molecule has 2 aromatic rings. The zero-order chi connectivity index (χ0) is 15.5. The van der Waals surface area contributed by atoms with Crippen LogP contribution < -0.4 is 10.0 Å². The Balaban J connectivity index is 2.09. The summed E-state index contributed by atoms with van der Waals surface area (Å²) in [6, 6.07) is 1.39. The topological polar surface area (TPSA) is 71.1 Å². The van der Waals surface area contributed by atoms with E-state index in [1.54, 1.807) is 12.3 Å². The third-order valence-corrected chi connectivity index (χ3v) is 6.94. The second-order valence-corrected chi connectivity index (χ2v) is 8.82. The Hall–Kier alpha value is -0.800. The summed E-state index contributed by atoms with van der Waals surface area (Å²) >= 11 is 2.75. The Morgan fingerprint density at radius 2 is 2.19 bits per heavy atom. The molecule has 2 heterocycles. The zero-order valence-corrected chi connectivity index (χ0v) is 14.7. The first-order valence-electron chi connectivity index (χ1n) is 6.65. The summed E-state index contributed by atoms with van der Waals surface area (Å²) in [6.45, 7) is 7.32. The van der Waals surface area contributed by atoms with E-state index in [1.807, 2.05) is 26.2 Å². The number of thiazole rings is 1. The Labute approximate surface area is 133 Å². The van der Waals surface area contributed by atoms with Crippen LogP contribution in [0.5, 0.6) is 0 Å². The lowest BCUT2D eigenvalue weighted by molar-refractivity contribution is 0.568. The fourth-order valence-electron chi connectivity index (χ4n) is 1.77. The van der Waals surface area contributed by atoms with Crippen LogP contribution in [0.25, 0.3) is 0 Å². The lowest BCUT2D eigenvalue weighted by Gasteiger charge is -2.10. The van der Waals surface area contributed by atoms with Gasteiger partial charge in [-0.25, -0.2) is 18.1 Å². The van der Waals surface area contributed by atoms with Gasteiger partial charge in [0.15, 0.2) is 0 Å². The van der Waals surface area contributed by atoms with Gasteiger partial charge in [0.2, 0.25) is 0 Å². The average molecular weight is 346 g/mol. The highest BCUT2D eigenvalue weighted by Crippen LogP contribution is 2.24. The molecule has 1 atom stereocenters. The summed E-state index contributed by atoms with van der Waals surface area (Å²) in [5, 5.41) is 5.83. The molecule has 0 aliphatic heterocycles. The lowest BCUT2D eigenvalue weighted by atomic mass is 10.3. The van der Waals surface area contributed by atoms with E-state index < -0.39 is 10.0 Å². The Morgan fingerprint density at radius 1 is 1.43 bits per heavy atom. The maximum Gasteiger partial charge on any atom is 0.250 e.